The molecule has 34 heavy (non-hydrogen) atoms. The standard InChI is InChI=1S/C26H26N2O6/c1-25(2,3)28-23(31)17-7-5-15(11-18(17)24(28)32)22(30)27-10-9-26(14-27)13-20(29)19-12-16(33-4)6-8-21(19)34-26/h5-8,11-12H,9-10,13-14H2,1-4H3. The van der Waals surface area contributed by atoms with Crippen LogP contribution in [0.2, 0.25) is 0 Å². The van der Waals surface area contributed by atoms with Crippen molar-refractivity contribution in [1.29, 1.82) is 0 Å². The molecule has 5 rings (SSSR count). The zero-order valence-electron chi connectivity index (χ0n) is 19.6. The molecule has 1 spiro atoms. The summed E-state index contributed by atoms with van der Waals surface area (Å²) in [6, 6.07) is 9.77. The van der Waals surface area contributed by atoms with Gasteiger partial charge in [-0.3, -0.25) is 24.1 Å². The zero-order valence-corrected chi connectivity index (χ0v) is 19.6. The maximum absolute atomic E-state index is 13.3. The van der Waals surface area contributed by atoms with Gasteiger partial charge in [0.1, 0.15) is 17.1 Å². The zero-order chi connectivity index (χ0) is 24.4. The van der Waals surface area contributed by atoms with Crippen molar-refractivity contribution < 1.29 is 28.7 Å². The second-order valence-corrected chi connectivity index (χ2v) is 10.1. The van der Waals surface area contributed by atoms with Crippen molar-refractivity contribution in [2.24, 2.45) is 0 Å². The smallest absolute Gasteiger partial charge is 0.262 e. The van der Waals surface area contributed by atoms with Crippen LogP contribution in [0.3, 0.4) is 0 Å². The Hall–Kier alpha value is -3.68. The van der Waals surface area contributed by atoms with E-state index >= 15 is 0 Å². The van der Waals surface area contributed by atoms with Crippen LogP contribution in [0.5, 0.6) is 11.5 Å². The molecule has 1 atom stereocenters. The van der Waals surface area contributed by atoms with E-state index in [2.05, 4.69) is 0 Å². The molecule has 0 radical (unpaired) electrons. The number of methoxy groups -OCH3 is 1. The quantitative estimate of drug-likeness (QED) is 0.636. The van der Waals surface area contributed by atoms with Gasteiger partial charge in [0.25, 0.3) is 17.7 Å². The van der Waals surface area contributed by atoms with Gasteiger partial charge < -0.3 is 14.4 Å². The second kappa shape index (κ2) is 7.41. The minimum absolute atomic E-state index is 0.0432. The van der Waals surface area contributed by atoms with Gasteiger partial charge >= 0.3 is 0 Å². The monoisotopic (exact) mass is 462 g/mol. The molecule has 176 valence electrons. The molecule has 3 aliphatic rings. The summed E-state index contributed by atoms with van der Waals surface area (Å²) in [7, 11) is 1.54. The van der Waals surface area contributed by atoms with Gasteiger partial charge in [0, 0.05) is 24.1 Å². The minimum Gasteiger partial charge on any atom is -0.497 e. The number of amides is 3. The molecule has 1 fully saturated rings. The van der Waals surface area contributed by atoms with Crippen LogP contribution in [-0.4, -0.2) is 64.6 Å². The molecule has 3 amide bonds. The highest BCUT2D eigenvalue weighted by Crippen LogP contribution is 2.40. The van der Waals surface area contributed by atoms with Crippen molar-refractivity contribution in [1.82, 2.24) is 9.80 Å². The minimum atomic E-state index is -0.778. The van der Waals surface area contributed by atoms with Crippen LogP contribution in [-0.2, 0) is 0 Å². The number of ketones is 1. The fourth-order valence-corrected chi connectivity index (χ4v) is 5.01. The first-order valence-electron chi connectivity index (χ1n) is 11.3. The van der Waals surface area contributed by atoms with Gasteiger partial charge in [-0.1, -0.05) is 0 Å². The molecule has 1 unspecified atom stereocenters. The Morgan fingerprint density at radius 1 is 1.00 bits per heavy atom. The van der Waals surface area contributed by atoms with Crippen LogP contribution < -0.4 is 9.47 Å². The Labute approximate surface area is 197 Å². The summed E-state index contributed by atoms with van der Waals surface area (Å²) >= 11 is 0. The summed E-state index contributed by atoms with van der Waals surface area (Å²) in [6.45, 7) is 6.08. The van der Waals surface area contributed by atoms with Crippen LogP contribution in [0.1, 0.15) is 75.0 Å². The van der Waals surface area contributed by atoms with Crippen LogP contribution in [0, 0.1) is 0 Å². The molecule has 3 aliphatic heterocycles. The fraction of sp³-hybridized carbons (Fsp3) is 0.385. The highest BCUT2D eigenvalue weighted by molar-refractivity contribution is 6.22. The average molecular weight is 463 g/mol. The third-order valence-electron chi connectivity index (χ3n) is 6.70. The van der Waals surface area contributed by atoms with E-state index in [1.165, 1.54) is 11.0 Å². The van der Waals surface area contributed by atoms with Crippen molar-refractivity contribution in [3.63, 3.8) is 0 Å². The van der Waals surface area contributed by atoms with Crippen LogP contribution in [0.4, 0.5) is 0 Å². The molecule has 8 heteroatoms. The molecule has 0 N–H and O–H groups in total. The molecule has 0 saturated carbocycles. The Bertz CT molecular complexity index is 1260. The second-order valence-electron chi connectivity index (χ2n) is 10.1. The van der Waals surface area contributed by atoms with Crippen LogP contribution in [0.25, 0.3) is 0 Å². The molecule has 1 saturated heterocycles. The summed E-state index contributed by atoms with van der Waals surface area (Å²) in [5, 5.41) is 0. The van der Waals surface area contributed by atoms with E-state index in [1.807, 2.05) is 0 Å². The van der Waals surface area contributed by atoms with Crippen molar-refractivity contribution in [3.05, 3.63) is 58.7 Å². The number of benzene rings is 2. The maximum atomic E-state index is 13.3. The summed E-state index contributed by atoms with van der Waals surface area (Å²) in [5.41, 5.74) is -0.0711. The predicted molar refractivity (Wildman–Crippen MR) is 123 cm³/mol. The summed E-state index contributed by atoms with van der Waals surface area (Å²) in [5.74, 6) is 0.0354. The lowest BCUT2D eigenvalue weighted by Crippen LogP contribution is -2.45. The van der Waals surface area contributed by atoms with E-state index in [0.717, 1.165) is 0 Å². The molecule has 0 aliphatic carbocycles. The third kappa shape index (κ3) is 3.36. The largest absolute Gasteiger partial charge is 0.497 e. The number of hydrogen-bond acceptors (Lipinski definition) is 6. The van der Waals surface area contributed by atoms with Gasteiger partial charge in [-0.15, -0.1) is 0 Å². The number of carbonyl (C=O) groups excluding carboxylic acids is 4. The fourth-order valence-electron chi connectivity index (χ4n) is 5.01. The Morgan fingerprint density at radius 2 is 1.74 bits per heavy atom. The lowest BCUT2D eigenvalue weighted by Gasteiger charge is -2.34. The SMILES string of the molecule is COc1ccc2c(c1)C(=O)CC1(CCN(C(=O)c3ccc4c(c3)C(=O)N(C(C)(C)C)C4=O)C1)O2. The maximum Gasteiger partial charge on any atom is 0.262 e. The highest BCUT2D eigenvalue weighted by atomic mass is 16.5. The lowest BCUT2D eigenvalue weighted by molar-refractivity contribution is 0.0426. The number of carbonyl (C=O) groups is 4. The van der Waals surface area contributed by atoms with Gasteiger partial charge in [-0.05, 0) is 57.2 Å². The first kappa shape index (κ1) is 22.1. The summed E-state index contributed by atoms with van der Waals surface area (Å²) in [4.78, 5) is 54.7. The van der Waals surface area contributed by atoms with E-state index in [0.29, 0.717) is 41.2 Å². The molecule has 0 aromatic heterocycles. The predicted octanol–water partition coefficient (Wildman–Crippen LogP) is 3.34. The third-order valence-corrected chi connectivity index (χ3v) is 6.70. The highest BCUT2D eigenvalue weighted by Gasteiger charge is 2.48. The van der Waals surface area contributed by atoms with Crippen molar-refractivity contribution >= 4 is 23.5 Å². The van der Waals surface area contributed by atoms with E-state index in [9.17, 15) is 19.2 Å². The van der Waals surface area contributed by atoms with Crippen molar-refractivity contribution in [2.75, 3.05) is 20.2 Å². The molecular formula is C26H26N2O6. The number of imide groups is 1. The van der Waals surface area contributed by atoms with Gasteiger partial charge in [0.15, 0.2) is 5.78 Å². The number of likely N-dealkylation sites (tertiary alicyclic amines) is 1. The molecule has 2 aromatic rings. The van der Waals surface area contributed by atoms with Crippen LogP contribution in [0.15, 0.2) is 36.4 Å². The van der Waals surface area contributed by atoms with Gasteiger partial charge in [0.2, 0.25) is 0 Å². The number of Topliss-reactive ketones (excluding diaryl/α,β-unsaturated/α-hetero) is 1. The van der Waals surface area contributed by atoms with E-state index in [-0.39, 0.29) is 36.1 Å². The molecular weight excluding hydrogens is 436 g/mol. The molecule has 0 bridgehead atoms. The van der Waals surface area contributed by atoms with E-state index in [1.54, 1.807) is 63.1 Å². The Kier molecular flexibility index (Phi) is 4.83. The van der Waals surface area contributed by atoms with Crippen molar-refractivity contribution in [3.8, 4) is 11.5 Å². The number of rotatable bonds is 2. The average Bonchev–Trinajstić information content (AvgIpc) is 3.30. The lowest BCUT2D eigenvalue weighted by atomic mass is 9.89. The van der Waals surface area contributed by atoms with Gasteiger partial charge in [-0.2, -0.15) is 0 Å². The van der Waals surface area contributed by atoms with Gasteiger partial charge in [0.05, 0.1) is 36.8 Å². The van der Waals surface area contributed by atoms with Gasteiger partial charge in [-0.25, -0.2) is 0 Å². The molecule has 8 nitrogen and oxygen atoms in total. The number of nitrogens with zero attached hydrogens (tertiary/aromatic N) is 2. The number of ether oxygens (including phenoxy) is 2. The molecule has 3 heterocycles. The molecule has 2 aromatic carbocycles. The Balaban J connectivity index is 1.37. The normalized spacial score (nSPS) is 21.6. The summed E-state index contributed by atoms with van der Waals surface area (Å²) < 4.78 is 11.5. The number of hydrogen-bond donors (Lipinski definition) is 0. The topological polar surface area (TPSA) is 93.2 Å². The first-order valence-corrected chi connectivity index (χ1v) is 11.3. The first-order chi connectivity index (χ1) is 16.0. The Morgan fingerprint density at radius 3 is 2.44 bits per heavy atom. The van der Waals surface area contributed by atoms with E-state index < -0.39 is 17.0 Å². The van der Waals surface area contributed by atoms with Crippen LogP contribution >= 0.6 is 0 Å². The number of fused-ring (bicyclic) bond motifs is 2. The van der Waals surface area contributed by atoms with E-state index in [4.69, 9.17) is 9.47 Å². The summed E-state index contributed by atoms with van der Waals surface area (Å²) in [6.07, 6.45) is 0.699. The van der Waals surface area contributed by atoms with Crippen molar-refractivity contribution in [2.45, 2.75) is 44.8 Å².